The van der Waals surface area contributed by atoms with Crippen LogP contribution in [0.1, 0.15) is 38.2 Å². The molecule has 0 heterocycles. The number of hydrogen-bond donors (Lipinski definition) is 0. The third-order valence-electron chi connectivity index (χ3n) is 2.75. The summed E-state index contributed by atoms with van der Waals surface area (Å²) in [5.41, 5.74) is 1.06. The van der Waals surface area contributed by atoms with Crippen molar-refractivity contribution in [2.75, 3.05) is 11.5 Å². The molecular weight excluding hydrogens is 300 g/mol. The third kappa shape index (κ3) is 4.80. The van der Waals surface area contributed by atoms with Gasteiger partial charge in [0, 0.05) is 4.47 Å². The summed E-state index contributed by atoms with van der Waals surface area (Å²) in [5.74, 6) is 0.570. The molecule has 1 atom stereocenters. The van der Waals surface area contributed by atoms with Crippen molar-refractivity contribution in [3.05, 3.63) is 34.3 Å². The molecule has 0 fully saturated rings. The van der Waals surface area contributed by atoms with Crippen LogP contribution in [-0.4, -0.2) is 19.9 Å². The zero-order chi connectivity index (χ0) is 12.9. The van der Waals surface area contributed by atoms with Crippen molar-refractivity contribution in [3.63, 3.8) is 0 Å². The monoisotopic (exact) mass is 318 g/mol. The summed E-state index contributed by atoms with van der Waals surface area (Å²) < 4.78 is 24.7. The van der Waals surface area contributed by atoms with E-state index in [1.807, 2.05) is 38.1 Å². The molecule has 0 aliphatic heterocycles. The van der Waals surface area contributed by atoms with E-state index in [0.29, 0.717) is 5.75 Å². The molecule has 0 bridgehead atoms. The molecule has 0 saturated carbocycles. The predicted molar refractivity (Wildman–Crippen MR) is 76.1 cm³/mol. The van der Waals surface area contributed by atoms with E-state index in [1.54, 1.807) is 0 Å². The molecule has 0 spiro atoms. The minimum absolute atomic E-state index is 0.0347. The first-order chi connectivity index (χ1) is 7.96. The van der Waals surface area contributed by atoms with E-state index in [0.717, 1.165) is 22.9 Å². The van der Waals surface area contributed by atoms with Gasteiger partial charge in [-0.15, -0.1) is 0 Å². The third-order valence-corrected chi connectivity index (χ3v) is 5.39. The van der Waals surface area contributed by atoms with Gasteiger partial charge in [0.2, 0.25) is 0 Å². The molecular formula is C13H19BrO2S. The molecule has 1 rings (SSSR count). The largest absolute Gasteiger partial charge is 0.229 e. The molecule has 96 valence electrons. The van der Waals surface area contributed by atoms with Crippen molar-refractivity contribution in [1.82, 2.24) is 0 Å². The second-order valence-corrected chi connectivity index (χ2v) is 7.47. The Labute approximate surface area is 112 Å². The smallest absolute Gasteiger partial charge is 0.150 e. The number of halogens is 1. The van der Waals surface area contributed by atoms with E-state index >= 15 is 0 Å². The van der Waals surface area contributed by atoms with Gasteiger partial charge in [-0.2, -0.15) is 0 Å². The number of sulfone groups is 1. The van der Waals surface area contributed by atoms with Crippen LogP contribution >= 0.6 is 15.9 Å². The number of hydrogen-bond acceptors (Lipinski definition) is 2. The quantitative estimate of drug-likeness (QED) is 0.800. The highest BCUT2D eigenvalue weighted by Gasteiger charge is 2.18. The van der Waals surface area contributed by atoms with E-state index < -0.39 is 9.84 Å². The molecule has 0 aromatic heterocycles. The number of rotatable bonds is 6. The van der Waals surface area contributed by atoms with E-state index in [-0.39, 0.29) is 11.7 Å². The molecule has 4 heteroatoms. The summed E-state index contributed by atoms with van der Waals surface area (Å²) in [7, 11) is -2.93. The van der Waals surface area contributed by atoms with Gasteiger partial charge in [0.25, 0.3) is 0 Å². The van der Waals surface area contributed by atoms with Crippen LogP contribution in [0, 0.1) is 0 Å². The van der Waals surface area contributed by atoms with Gasteiger partial charge in [-0.3, -0.25) is 0 Å². The van der Waals surface area contributed by atoms with Gasteiger partial charge >= 0.3 is 0 Å². The first-order valence-electron chi connectivity index (χ1n) is 5.91. The van der Waals surface area contributed by atoms with E-state index in [1.165, 1.54) is 0 Å². The van der Waals surface area contributed by atoms with Crippen LogP contribution < -0.4 is 0 Å². The highest BCUT2D eigenvalue weighted by atomic mass is 79.9. The fourth-order valence-electron chi connectivity index (χ4n) is 1.79. The van der Waals surface area contributed by atoms with Crippen molar-refractivity contribution in [1.29, 1.82) is 0 Å². The molecule has 0 saturated heterocycles. The van der Waals surface area contributed by atoms with Gasteiger partial charge in [-0.1, -0.05) is 54.4 Å². The molecule has 0 radical (unpaired) electrons. The standard InChI is InChI=1S/C13H19BrO2S/c1-3-4-9-17(15,16)10-11(2)12-7-5-6-8-13(12)14/h5-8,11H,3-4,9-10H2,1-2H3/t11-/m0/s1. The SMILES string of the molecule is CCCCS(=O)(=O)C[C@H](C)c1ccccc1Br. The van der Waals surface area contributed by atoms with Crippen LogP contribution in [0.25, 0.3) is 0 Å². The Kier molecular flexibility index (Phi) is 5.67. The van der Waals surface area contributed by atoms with Crippen molar-refractivity contribution < 1.29 is 8.42 Å². The second-order valence-electron chi connectivity index (χ2n) is 4.39. The lowest BCUT2D eigenvalue weighted by atomic mass is 10.0. The van der Waals surface area contributed by atoms with Gasteiger partial charge in [-0.05, 0) is 24.0 Å². The van der Waals surface area contributed by atoms with Crippen molar-refractivity contribution >= 4 is 25.8 Å². The summed E-state index contributed by atoms with van der Waals surface area (Å²) in [5, 5.41) is 0. The highest BCUT2D eigenvalue weighted by molar-refractivity contribution is 9.10. The lowest BCUT2D eigenvalue weighted by molar-refractivity contribution is 0.587. The normalized spacial score (nSPS) is 13.6. The lowest BCUT2D eigenvalue weighted by Gasteiger charge is -2.13. The Morgan fingerprint density at radius 1 is 1.29 bits per heavy atom. The summed E-state index contributed by atoms with van der Waals surface area (Å²) in [6.45, 7) is 3.97. The van der Waals surface area contributed by atoms with Crippen LogP contribution in [0.4, 0.5) is 0 Å². The van der Waals surface area contributed by atoms with Crippen molar-refractivity contribution in [3.8, 4) is 0 Å². The maximum atomic E-state index is 11.9. The van der Waals surface area contributed by atoms with Crippen LogP contribution in [0.2, 0.25) is 0 Å². The van der Waals surface area contributed by atoms with Crippen molar-refractivity contribution in [2.24, 2.45) is 0 Å². The summed E-state index contributed by atoms with van der Waals surface area (Å²) in [6.07, 6.45) is 1.67. The van der Waals surface area contributed by atoms with Gasteiger partial charge in [-0.25, -0.2) is 8.42 Å². The zero-order valence-corrected chi connectivity index (χ0v) is 12.7. The minimum atomic E-state index is -2.93. The molecule has 0 amide bonds. The van der Waals surface area contributed by atoms with Crippen LogP contribution in [0.15, 0.2) is 28.7 Å². The van der Waals surface area contributed by atoms with E-state index in [2.05, 4.69) is 15.9 Å². The van der Waals surface area contributed by atoms with E-state index in [9.17, 15) is 8.42 Å². The Morgan fingerprint density at radius 2 is 1.94 bits per heavy atom. The van der Waals surface area contributed by atoms with Crippen LogP contribution in [0.5, 0.6) is 0 Å². The first-order valence-corrected chi connectivity index (χ1v) is 8.52. The Bertz CT molecular complexity index is 454. The summed E-state index contributed by atoms with van der Waals surface area (Å²) in [6, 6.07) is 7.80. The van der Waals surface area contributed by atoms with Gasteiger partial charge in [0.1, 0.15) is 0 Å². The van der Waals surface area contributed by atoms with Gasteiger partial charge < -0.3 is 0 Å². The second kappa shape index (κ2) is 6.55. The maximum absolute atomic E-state index is 11.9. The highest BCUT2D eigenvalue weighted by Crippen LogP contribution is 2.25. The molecule has 2 nitrogen and oxygen atoms in total. The predicted octanol–water partition coefficient (Wildman–Crippen LogP) is 3.77. The Hall–Kier alpha value is -0.350. The molecule has 0 unspecified atom stereocenters. The Balaban J connectivity index is 2.73. The van der Waals surface area contributed by atoms with Crippen molar-refractivity contribution in [2.45, 2.75) is 32.6 Å². The molecule has 0 aliphatic carbocycles. The average molecular weight is 319 g/mol. The van der Waals surface area contributed by atoms with Crippen LogP contribution in [-0.2, 0) is 9.84 Å². The van der Waals surface area contributed by atoms with Gasteiger partial charge in [0.15, 0.2) is 9.84 Å². The fraction of sp³-hybridized carbons (Fsp3) is 0.538. The first kappa shape index (κ1) is 14.7. The zero-order valence-electron chi connectivity index (χ0n) is 10.3. The Morgan fingerprint density at radius 3 is 2.53 bits per heavy atom. The summed E-state index contributed by atoms with van der Waals surface area (Å²) in [4.78, 5) is 0. The molecule has 17 heavy (non-hydrogen) atoms. The maximum Gasteiger partial charge on any atom is 0.150 e. The van der Waals surface area contributed by atoms with Crippen LogP contribution in [0.3, 0.4) is 0 Å². The van der Waals surface area contributed by atoms with Gasteiger partial charge in [0.05, 0.1) is 11.5 Å². The molecule has 0 aliphatic rings. The molecule has 1 aromatic carbocycles. The summed E-state index contributed by atoms with van der Waals surface area (Å²) >= 11 is 3.46. The number of benzene rings is 1. The number of unbranched alkanes of at least 4 members (excludes halogenated alkanes) is 1. The fourth-order valence-corrected chi connectivity index (χ4v) is 4.31. The molecule has 1 aromatic rings. The van der Waals surface area contributed by atoms with E-state index in [4.69, 9.17) is 0 Å². The minimum Gasteiger partial charge on any atom is -0.229 e. The lowest BCUT2D eigenvalue weighted by Crippen LogP contribution is -2.16. The molecule has 0 N–H and O–H groups in total. The average Bonchev–Trinajstić information content (AvgIpc) is 2.26. The topological polar surface area (TPSA) is 34.1 Å².